The highest BCUT2D eigenvalue weighted by molar-refractivity contribution is 7.90. The standard InChI is InChI=1S/C44H64N4O7S/c1-4-55-44(30-46-20-21-47-22-24-53-28-36(47)27-46)19-7-9-32(2)41(17-23-52-3)56(50,51)45-42(49)34-14-16-40-39(25-34)48(26-35-13-15-38(35)44)29-43(31-54-40)18-8-11-33-10-5-6-12-37(33)43/h5-6,10,12,14,16,25,32,35-36,38,41H,4,7-9,11,13,15,17-24,26-31H2,1-3H3,(H,45,49)/t32-,35-,36-,38+,41+,43-,44-/m0/s1. The van der Waals surface area contributed by atoms with E-state index in [1.54, 1.807) is 13.2 Å². The molecule has 1 amide bonds. The highest BCUT2D eigenvalue weighted by Gasteiger charge is 2.51. The summed E-state index contributed by atoms with van der Waals surface area (Å²) in [6, 6.07) is 14.7. The van der Waals surface area contributed by atoms with E-state index in [1.165, 1.54) is 11.1 Å². The zero-order valence-electron chi connectivity index (χ0n) is 33.9. The molecule has 6 aliphatic rings. The number of anilines is 1. The predicted octanol–water partition coefficient (Wildman–Crippen LogP) is 5.26. The maximum Gasteiger partial charge on any atom is 0.264 e. The van der Waals surface area contributed by atoms with Gasteiger partial charge in [0.25, 0.3) is 5.91 Å². The molecule has 2 bridgehead atoms. The lowest BCUT2D eigenvalue weighted by Gasteiger charge is -2.54. The van der Waals surface area contributed by atoms with Gasteiger partial charge in [-0.05, 0) is 105 Å². The van der Waals surface area contributed by atoms with Crippen LogP contribution in [-0.4, -0.2) is 127 Å². The van der Waals surface area contributed by atoms with Gasteiger partial charge in [0.1, 0.15) is 5.75 Å². The quantitative estimate of drug-likeness (QED) is 0.399. The number of methoxy groups -OCH3 is 1. The fourth-order valence-electron chi connectivity index (χ4n) is 11.4. The highest BCUT2D eigenvalue weighted by atomic mass is 32.2. The molecule has 308 valence electrons. The van der Waals surface area contributed by atoms with Crippen molar-refractivity contribution in [1.29, 1.82) is 0 Å². The van der Waals surface area contributed by atoms with Gasteiger partial charge in [-0.2, -0.15) is 0 Å². The number of hydrogen-bond acceptors (Lipinski definition) is 10. The van der Waals surface area contributed by atoms with E-state index in [1.807, 2.05) is 19.1 Å². The van der Waals surface area contributed by atoms with E-state index in [2.05, 4.69) is 50.6 Å². The number of piperazine rings is 1. The summed E-state index contributed by atoms with van der Waals surface area (Å²) in [5.74, 6) is 0.690. The minimum absolute atomic E-state index is 0.187. The van der Waals surface area contributed by atoms with Crippen molar-refractivity contribution < 1.29 is 32.2 Å². The molecule has 0 radical (unpaired) electrons. The van der Waals surface area contributed by atoms with E-state index in [0.29, 0.717) is 56.1 Å². The molecule has 4 aliphatic heterocycles. The average Bonchev–Trinajstić information content (AvgIpc) is 3.33. The number of nitrogens with one attached hydrogen (secondary N) is 1. The molecular formula is C44H64N4O7S. The van der Waals surface area contributed by atoms with Gasteiger partial charge in [0.2, 0.25) is 10.0 Å². The number of benzene rings is 2. The molecule has 12 heteroatoms. The number of carbonyl (C=O) groups excluding carboxylic acids is 1. The molecule has 56 heavy (non-hydrogen) atoms. The molecule has 8 rings (SSSR count). The third-order valence-corrected chi connectivity index (χ3v) is 16.3. The zero-order valence-corrected chi connectivity index (χ0v) is 34.7. The summed E-state index contributed by atoms with van der Waals surface area (Å²) < 4.78 is 56.0. The van der Waals surface area contributed by atoms with Crippen LogP contribution in [0.4, 0.5) is 5.69 Å². The van der Waals surface area contributed by atoms with Gasteiger partial charge in [-0.1, -0.05) is 37.6 Å². The number of aryl methyl sites for hydroxylation is 1. The third-order valence-electron chi connectivity index (χ3n) is 14.4. The van der Waals surface area contributed by atoms with E-state index in [0.717, 1.165) is 115 Å². The summed E-state index contributed by atoms with van der Waals surface area (Å²) in [5.41, 5.74) is 3.38. The SMILES string of the molecule is CCO[C@]1(CN2CCN3CCOC[C@@H]3C2)CCC[C@H](C)[C@@H](CCOC)S(=O)(=O)NC(=O)c2ccc3c(c2)N(C[C@@H]2CC[C@H]21)C[C@@]1(CCCc2ccccc21)CO3. The first-order valence-electron chi connectivity index (χ1n) is 21.5. The number of nitrogens with zero attached hydrogens (tertiary/aromatic N) is 3. The maximum atomic E-state index is 14.1. The molecule has 1 N–H and O–H groups in total. The molecule has 2 aromatic carbocycles. The van der Waals surface area contributed by atoms with Gasteiger partial charge in [-0.25, -0.2) is 13.1 Å². The van der Waals surface area contributed by atoms with E-state index in [4.69, 9.17) is 18.9 Å². The molecule has 11 nitrogen and oxygen atoms in total. The van der Waals surface area contributed by atoms with Crippen molar-refractivity contribution in [2.75, 3.05) is 90.9 Å². The van der Waals surface area contributed by atoms with Gasteiger partial charge >= 0.3 is 0 Å². The van der Waals surface area contributed by atoms with E-state index in [9.17, 15) is 13.2 Å². The van der Waals surface area contributed by atoms with Crippen molar-refractivity contribution in [3.8, 4) is 5.75 Å². The van der Waals surface area contributed by atoms with Crippen LogP contribution in [0.15, 0.2) is 42.5 Å². The second-order valence-electron chi connectivity index (χ2n) is 17.7. The predicted molar refractivity (Wildman–Crippen MR) is 218 cm³/mol. The van der Waals surface area contributed by atoms with Crippen molar-refractivity contribution in [1.82, 2.24) is 14.5 Å². The van der Waals surface area contributed by atoms with Gasteiger partial charge in [0.15, 0.2) is 0 Å². The molecule has 1 spiro atoms. The Morgan fingerprint density at radius 1 is 1.02 bits per heavy atom. The van der Waals surface area contributed by atoms with Crippen LogP contribution in [0.2, 0.25) is 0 Å². The number of rotatable bonds is 7. The normalized spacial score (nSPS) is 33.9. The summed E-state index contributed by atoms with van der Waals surface area (Å²) in [4.78, 5) is 21.7. The maximum absolute atomic E-state index is 14.1. The number of morpholine rings is 1. The van der Waals surface area contributed by atoms with Crippen molar-refractivity contribution in [3.05, 3.63) is 59.2 Å². The lowest BCUT2D eigenvalue weighted by molar-refractivity contribution is -0.154. The van der Waals surface area contributed by atoms with Gasteiger partial charge < -0.3 is 23.8 Å². The number of ether oxygens (including phenoxy) is 4. The van der Waals surface area contributed by atoms with Gasteiger partial charge in [-0.3, -0.25) is 14.6 Å². The second-order valence-corrected chi connectivity index (χ2v) is 19.6. The Kier molecular flexibility index (Phi) is 12.1. The molecule has 1 saturated carbocycles. The highest BCUT2D eigenvalue weighted by Crippen LogP contribution is 2.50. The number of amides is 1. The lowest BCUT2D eigenvalue weighted by Crippen LogP contribution is -2.63. The number of carbonyl (C=O) groups is 1. The van der Waals surface area contributed by atoms with Crippen LogP contribution in [0, 0.1) is 17.8 Å². The van der Waals surface area contributed by atoms with Crippen molar-refractivity contribution >= 4 is 21.6 Å². The Hall–Kier alpha value is -2.74. The van der Waals surface area contributed by atoms with Crippen molar-refractivity contribution in [3.63, 3.8) is 0 Å². The van der Waals surface area contributed by atoms with Gasteiger partial charge in [0.05, 0.1) is 36.4 Å². The Labute approximate surface area is 334 Å². The molecule has 2 saturated heterocycles. The van der Waals surface area contributed by atoms with Crippen LogP contribution < -0.4 is 14.4 Å². The van der Waals surface area contributed by atoms with Gasteiger partial charge in [-0.15, -0.1) is 0 Å². The first kappa shape index (κ1) is 40.1. The van der Waals surface area contributed by atoms with E-state index in [-0.39, 0.29) is 16.9 Å². The van der Waals surface area contributed by atoms with Crippen LogP contribution in [0.1, 0.15) is 86.7 Å². The van der Waals surface area contributed by atoms with Gasteiger partial charge in [0, 0.05) is 83.2 Å². The molecule has 2 aromatic rings. The second kappa shape index (κ2) is 16.9. The first-order valence-corrected chi connectivity index (χ1v) is 23.0. The average molecular weight is 793 g/mol. The fraction of sp³-hybridized carbons (Fsp3) is 0.705. The monoisotopic (exact) mass is 792 g/mol. The third kappa shape index (κ3) is 8.00. The fourth-order valence-corrected chi connectivity index (χ4v) is 13.0. The van der Waals surface area contributed by atoms with Crippen LogP contribution >= 0.6 is 0 Å². The lowest BCUT2D eigenvalue weighted by atomic mass is 9.62. The molecule has 0 aromatic heterocycles. The minimum Gasteiger partial charge on any atom is -0.490 e. The summed E-state index contributed by atoms with van der Waals surface area (Å²) in [7, 11) is -2.44. The molecule has 7 atom stereocenters. The molecular weight excluding hydrogens is 729 g/mol. The summed E-state index contributed by atoms with van der Waals surface area (Å²) in [6.07, 6.45) is 8.12. The Balaban J connectivity index is 1.19. The Morgan fingerprint density at radius 2 is 1.89 bits per heavy atom. The molecule has 0 unspecified atom stereocenters. The largest absolute Gasteiger partial charge is 0.490 e. The topological polar surface area (TPSA) is 110 Å². The Morgan fingerprint density at radius 3 is 2.71 bits per heavy atom. The van der Waals surface area contributed by atoms with Crippen LogP contribution in [0.5, 0.6) is 5.75 Å². The molecule has 4 heterocycles. The molecule has 3 fully saturated rings. The summed E-state index contributed by atoms with van der Waals surface area (Å²) >= 11 is 0. The Bertz CT molecular complexity index is 1810. The smallest absolute Gasteiger partial charge is 0.264 e. The number of hydrogen-bond donors (Lipinski definition) is 1. The minimum atomic E-state index is -4.03. The van der Waals surface area contributed by atoms with Crippen molar-refractivity contribution in [2.24, 2.45) is 17.8 Å². The van der Waals surface area contributed by atoms with E-state index >= 15 is 0 Å². The summed E-state index contributed by atoms with van der Waals surface area (Å²) in [5, 5.41) is -0.775. The van der Waals surface area contributed by atoms with Crippen molar-refractivity contribution in [2.45, 2.75) is 93.9 Å². The number of sulfonamides is 1. The van der Waals surface area contributed by atoms with Crippen LogP contribution in [0.3, 0.4) is 0 Å². The zero-order chi connectivity index (χ0) is 38.9. The van der Waals surface area contributed by atoms with Crippen LogP contribution in [-0.2, 0) is 36.1 Å². The van der Waals surface area contributed by atoms with Crippen LogP contribution in [0.25, 0.3) is 0 Å². The number of fused-ring (bicyclic) bond motifs is 5. The van der Waals surface area contributed by atoms with E-state index < -0.39 is 21.2 Å². The molecule has 2 aliphatic carbocycles. The summed E-state index contributed by atoms with van der Waals surface area (Å²) in [6.45, 7) is 13.7. The first-order chi connectivity index (χ1) is 27.1.